The number of nitrogens with zero attached hydrogens (tertiary/aromatic N) is 1. The van der Waals surface area contributed by atoms with E-state index in [2.05, 4.69) is 16.0 Å². The SMILES string of the molecule is COc1ccc(NC(=O)[C@@H](C)OC(=O)c2cc(C)n(Cc3cccs3)c2C)cc1. The molecule has 29 heavy (non-hydrogen) atoms. The number of rotatable bonds is 7. The van der Waals surface area contributed by atoms with Gasteiger partial charge >= 0.3 is 5.97 Å². The standard InChI is InChI=1S/C22H24N2O4S/c1-14-12-20(15(2)24(14)13-19-6-5-11-29-19)22(26)28-16(3)21(25)23-17-7-9-18(27-4)10-8-17/h5-12,16H,13H2,1-4H3,(H,23,25)/t16-/m1/s1. The zero-order valence-corrected chi connectivity index (χ0v) is 17.7. The molecule has 1 aromatic carbocycles. The van der Waals surface area contributed by atoms with Crippen molar-refractivity contribution in [1.82, 2.24) is 4.57 Å². The van der Waals surface area contributed by atoms with Crippen LogP contribution in [0.25, 0.3) is 0 Å². The lowest BCUT2D eigenvalue weighted by atomic mass is 10.2. The fourth-order valence-corrected chi connectivity index (χ4v) is 3.70. The van der Waals surface area contributed by atoms with E-state index in [0.29, 0.717) is 23.5 Å². The van der Waals surface area contributed by atoms with E-state index in [0.717, 1.165) is 11.4 Å². The molecule has 0 spiro atoms. The van der Waals surface area contributed by atoms with Crippen molar-refractivity contribution in [2.24, 2.45) is 0 Å². The summed E-state index contributed by atoms with van der Waals surface area (Å²) in [5, 5.41) is 4.76. The van der Waals surface area contributed by atoms with Crippen LogP contribution in [0.2, 0.25) is 0 Å². The number of hydrogen-bond acceptors (Lipinski definition) is 5. The topological polar surface area (TPSA) is 69.6 Å². The molecule has 0 aliphatic heterocycles. The molecule has 3 rings (SSSR count). The quantitative estimate of drug-likeness (QED) is 0.584. The number of ether oxygens (including phenoxy) is 2. The molecule has 0 saturated carbocycles. The molecule has 0 bridgehead atoms. The number of benzene rings is 1. The number of aromatic nitrogens is 1. The van der Waals surface area contributed by atoms with E-state index in [4.69, 9.17) is 9.47 Å². The molecule has 1 amide bonds. The van der Waals surface area contributed by atoms with Crippen molar-refractivity contribution in [1.29, 1.82) is 0 Å². The van der Waals surface area contributed by atoms with Gasteiger partial charge in [0.1, 0.15) is 5.75 Å². The molecule has 7 heteroatoms. The molecule has 3 aromatic rings. The predicted octanol–water partition coefficient (Wildman–Crippen LogP) is 4.41. The summed E-state index contributed by atoms with van der Waals surface area (Å²) in [4.78, 5) is 26.2. The van der Waals surface area contributed by atoms with Crippen LogP contribution in [-0.4, -0.2) is 29.7 Å². The molecule has 0 unspecified atom stereocenters. The zero-order valence-electron chi connectivity index (χ0n) is 16.9. The van der Waals surface area contributed by atoms with Gasteiger partial charge in [-0.2, -0.15) is 0 Å². The maximum absolute atomic E-state index is 12.7. The van der Waals surface area contributed by atoms with Gasteiger partial charge in [0, 0.05) is 22.0 Å². The number of esters is 1. The van der Waals surface area contributed by atoms with Crippen molar-refractivity contribution in [3.63, 3.8) is 0 Å². The van der Waals surface area contributed by atoms with Gasteiger partial charge in [-0.25, -0.2) is 4.79 Å². The van der Waals surface area contributed by atoms with Crippen LogP contribution in [0, 0.1) is 13.8 Å². The van der Waals surface area contributed by atoms with E-state index in [1.165, 1.54) is 4.88 Å². The van der Waals surface area contributed by atoms with E-state index < -0.39 is 18.0 Å². The summed E-state index contributed by atoms with van der Waals surface area (Å²) in [5.41, 5.74) is 2.87. The summed E-state index contributed by atoms with van der Waals surface area (Å²) in [7, 11) is 1.58. The lowest BCUT2D eigenvalue weighted by Crippen LogP contribution is -2.30. The third kappa shape index (κ3) is 4.86. The maximum atomic E-state index is 12.7. The van der Waals surface area contributed by atoms with Gasteiger partial charge in [0.05, 0.1) is 19.2 Å². The Morgan fingerprint density at radius 1 is 1.17 bits per heavy atom. The van der Waals surface area contributed by atoms with Gasteiger partial charge in [-0.3, -0.25) is 4.79 Å². The van der Waals surface area contributed by atoms with Gasteiger partial charge in [0.15, 0.2) is 6.10 Å². The van der Waals surface area contributed by atoms with Gasteiger partial charge in [-0.1, -0.05) is 6.07 Å². The molecule has 1 N–H and O–H groups in total. The highest BCUT2D eigenvalue weighted by molar-refractivity contribution is 7.09. The van der Waals surface area contributed by atoms with Crippen molar-refractivity contribution >= 4 is 28.9 Å². The molecule has 2 aromatic heterocycles. The minimum absolute atomic E-state index is 0.393. The number of carbonyl (C=O) groups excluding carboxylic acids is 2. The number of anilines is 1. The summed E-state index contributed by atoms with van der Waals surface area (Å²) in [6, 6.07) is 12.8. The number of aryl methyl sites for hydroxylation is 1. The second kappa shape index (κ2) is 8.96. The molecule has 0 radical (unpaired) electrons. The average Bonchev–Trinajstić information content (AvgIpc) is 3.32. The number of hydrogen-bond donors (Lipinski definition) is 1. The highest BCUT2D eigenvalue weighted by Gasteiger charge is 2.23. The molecular formula is C22H24N2O4S. The van der Waals surface area contributed by atoms with Gasteiger partial charge in [0.25, 0.3) is 5.91 Å². The zero-order chi connectivity index (χ0) is 21.0. The smallest absolute Gasteiger partial charge is 0.340 e. The molecule has 0 aliphatic rings. The largest absolute Gasteiger partial charge is 0.497 e. The molecule has 0 aliphatic carbocycles. The number of amides is 1. The average molecular weight is 413 g/mol. The van der Waals surface area contributed by atoms with Crippen LogP contribution >= 0.6 is 11.3 Å². The molecular weight excluding hydrogens is 388 g/mol. The van der Waals surface area contributed by atoms with Gasteiger partial charge < -0.3 is 19.4 Å². The Bertz CT molecular complexity index is 991. The van der Waals surface area contributed by atoms with Crippen molar-refractivity contribution < 1.29 is 19.1 Å². The fourth-order valence-electron chi connectivity index (χ4n) is 3.01. The van der Waals surface area contributed by atoms with Crippen LogP contribution in [0.3, 0.4) is 0 Å². The van der Waals surface area contributed by atoms with E-state index >= 15 is 0 Å². The van der Waals surface area contributed by atoms with Crippen LogP contribution in [0.4, 0.5) is 5.69 Å². The van der Waals surface area contributed by atoms with Gasteiger partial charge in [-0.15, -0.1) is 11.3 Å². The Labute approximate surface area is 174 Å². The van der Waals surface area contributed by atoms with Gasteiger partial charge in [0.2, 0.25) is 0 Å². The fraction of sp³-hybridized carbons (Fsp3) is 0.273. The maximum Gasteiger partial charge on any atom is 0.340 e. The van der Waals surface area contributed by atoms with Crippen LogP contribution in [-0.2, 0) is 16.1 Å². The van der Waals surface area contributed by atoms with Crippen LogP contribution < -0.4 is 10.1 Å². The Kier molecular flexibility index (Phi) is 6.39. The molecule has 152 valence electrons. The summed E-state index contributed by atoms with van der Waals surface area (Å²) in [5.74, 6) is -0.204. The third-order valence-electron chi connectivity index (χ3n) is 4.70. The van der Waals surface area contributed by atoms with Crippen molar-refractivity contribution in [2.75, 3.05) is 12.4 Å². The van der Waals surface area contributed by atoms with E-state index in [-0.39, 0.29) is 0 Å². The summed E-state index contributed by atoms with van der Waals surface area (Å²) >= 11 is 1.67. The van der Waals surface area contributed by atoms with Crippen LogP contribution in [0.15, 0.2) is 47.8 Å². The number of nitrogens with one attached hydrogen (secondary N) is 1. The van der Waals surface area contributed by atoms with E-state index in [1.807, 2.05) is 25.3 Å². The van der Waals surface area contributed by atoms with Crippen molar-refractivity contribution in [3.8, 4) is 5.75 Å². The molecule has 2 heterocycles. The molecule has 0 saturated heterocycles. The highest BCUT2D eigenvalue weighted by Crippen LogP contribution is 2.21. The minimum Gasteiger partial charge on any atom is -0.497 e. The number of thiophene rings is 1. The highest BCUT2D eigenvalue weighted by atomic mass is 32.1. The second-order valence-electron chi connectivity index (χ2n) is 6.72. The molecule has 0 fully saturated rings. The summed E-state index contributed by atoms with van der Waals surface area (Å²) in [6.07, 6.45) is -0.926. The lowest BCUT2D eigenvalue weighted by molar-refractivity contribution is -0.123. The molecule has 1 atom stereocenters. The first-order valence-electron chi connectivity index (χ1n) is 9.24. The normalized spacial score (nSPS) is 11.7. The van der Waals surface area contributed by atoms with Crippen molar-refractivity contribution in [2.45, 2.75) is 33.4 Å². The number of carbonyl (C=O) groups is 2. The third-order valence-corrected chi connectivity index (χ3v) is 5.56. The first-order valence-corrected chi connectivity index (χ1v) is 10.1. The van der Waals surface area contributed by atoms with Crippen molar-refractivity contribution in [3.05, 3.63) is 69.7 Å². The minimum atomic E-state index is -0.926. The van der Waals surface area contributed by atoms with E-state index in [9.17, 15) is 9.59 Å². The Hall–Kier alpha value is -3.06. The summed E-state index contributed by atoms with van der Waals surface area (Å²) < 4.78 is 12.6. The second-order valence-corrected chi connectivity index (χ2v) is 7.75. The first-order chi connectivity index (χ1) is 13.9. The Morgan fingerprint density at radius 3 is 2.52 bits per heavy atom. The molecule has 6 nitrogen and oxygen atoms in total. The summed E-state index contributed by atoms with van der Waals surface area (Å²) in [6.45, 7) is 6.11. The monoisotopic (exact) mass is 412 g/mol. The van der Waals surface area contributed by atoms with E-state index in [1.54, 1.807) is 55.7 Å². The Balaban J connectivity index is 1.65. The Morgan fingerprint density at radius 2 is 1.90 bits per heavy atom. The lowest BCUT2D eigenvalue weighted by Gasteiger charge is -2.14. The predicted molar refractivity (Wildman–Crippen MR) is 114 cm³/mol. The van der Waals surface area contributed by atoms with Crippen LogP contribution in [0.1, 0.15) is 33.5 Å². The first kappa shape index (κ1) is 20.7. The van der Waals surface area contributed by atoms with Crippen LogP contribution in [0.5, 0.6) is 5.75 Å². The number of methoxy groups -OCH3 is 1. The van der Waals surface area contributed by atoms with Gasteiger partial charge in [-0.05, 0) is 62.5 Å².